The van der Waals surface area contributed by atoms with Crippen LogP contribution in [-0.4, -0.2) is 19.9 Å². The molecule has 24 heavy (non-hydrogen) atoms. The van der Waals surface area contributed by atoms with E-state index in [2.05, 4.69) is 26.9 Å². The van der Waals surface area contributed by atoms with E-state index in [-0.39, 0.29) is 0 Å². The summed E-state index contributed by atoms with van der Waals surface area (Å²) in [5, 5.41) is 0. The third-order valence-corrected chi connectivity index (χ3v) is 3.53. The number of furan rings is 1. The van der Waals surface area contributed by atoms with Gasteiger partial charge in [-0.25, -0.2) is 15.0 Å². The maximum Gasteiger partial charge on any atom is 0.245 e. The fourth-order valence-corrected chi connectivity index (χ4v) is 2.58. The Morgan fingerprint density at radius 2 is 1.33 bits per heavy atom. The van der Waals surface area contributed by atoms with Crippen molar-refractivity contribution in [2.45, 2.75) is 41.5 Å². The largest absolute Gasteiger partial charge is 0.442 e. The molecule has 0 aliphatic carbocycles. The molecule has 0 saturated heterocycles. The number of hydrogen-bond acceptors (Lipinski definition) is 6. The third kappa shape index (κ3) is 5.38. The average molecular weight is 344 g/mol. The van der Waals surface area contributed by atoms with Crippen LogP contribution in [0, 0.1) is 13.8 Å². The molecule has 5 nitrogen and oxygen atoms in total. The lowest BCUT2D eigenvalue weighted by atomic mass is 10.5. The number of aromatic nitrogens is 4. The zero-order valence-corrected chi connectivity index (χ0v) is 15.9. The van der Waals surface area contributed by atoms with Crippen LogP contribution < -0.4 is 0 Å². The molecule has 4 heterocycles. The molecule has 128 valence electrons. The molecule has 4 aromatic rings. The quantitative estimate of drug-likeness (QED) is 0.416. The van der Waals surface area contributed by atoms with E-state index in [9.17, 15) is 0 Å². The van der Waals surface area contributed by atoms with Crippen LogP contribution in [0.5, 0.6) is 0 Å². The smallest absolute Gasteiger partial charge is 0.245 e. The Kier molecular flexibility index (Phi) is 8.57. The van der Waals surface area contributed by atoms with Gasteiger partial charge >= 0.3 is 0 Å². The van der Waals surface area contributed by atoms with Gasteiger partial charge < -0.3 is 4.42 Å². The van der Waals surface area contributed by atoms with Crippen LogP contribution in [-0.2, 0) is 0 Å². The summed E-state index contributed by atoms with van der Waals surface area (Å²) in [7, 11) is 0. The molecular weight excluding hydrogens is 320 g/mol. The Hall–Kier alpha value is -2.34. The van der Waals surface area contributed by atoms with E-state index in [1.54, 1.807) is 36.1 Å². The van der Waals surface area contributed by atoms with Gasteiger partial charge in [-0.2, -0.15) is 0 Å². The first-order chi connectivity index (χ1) is 11.7. The summed E-state index contributed by atoms with van der Waals surface area (Å²) in [6, 6.07) is 3.91. The van der Waals surface area contributed by atoms with Crippen molar-refractivity contribution >= 4 is 32.9 Å². The van der Waals surface area contributed by atoms with Crippen LogP contribution in [0.4, 0.5) is 0 Å². The number of thiophene rings is 1. The van der Waals surface area contributed by atoms with Crippen LogP contribution in [0.2, 0.25) is 0 Å². The highest BCUT2D eigenvalue weighted by Crippen LogP contribution is 2.19. The lowest BCUT2D eigenvalue weighted by Gasteiger charge is -1.81. The molecule has 4 aromatic heterocycles. The fraction of sp³-hybridized carbons (Fsp3) is 0.333. The molecule has 4 rings (SSSR count). The number of nitrogens with zero attached hydrogens (tertiary/aromatic N) is 4. The van der Waals surface area contributed by atoms with Crippen LogP contribution in [0.25, 0.3) is 21.6 Å². The zero-order chi connectivity index (χ0) is 17.9. The summed E-state index contributed by atoms with van der Waals surface area (Å²) in [6.07, 6.45) is 6.70. The van der Waals surface area contributed by atoms with E-state index in [0.717, 1.165) is 21.6 Å². The molecule has 0 spiro atoms. The molecule has 0 amide bonds. The molecule has 0 fully saturated rings. The lowest BCUT2D eigenvalue weighted by molar-refractivity contribution is 0.567. The highest BCUT2D eigenvalue weighted by atomic mass is 32.1. The number of hydrogen-bond donors (Lipinski definition) is 0. The highest BCUT2D eigenvalue weighted by Gasteiger charge is 1.99. The maximum atomic E-state index is 5.19. The van der Waals surface area contributed by atoms with Gasteiger partial charge in [0, 0.05) is 35.7 Å². The summed E-state index contributed by atoms with van der Waals surface area (Å²) in [6.45, 7) is 11.9. The molecule has 6 heteroatoms. The van der Waals surface area contributed by atoms with Crippen molar-refractivity contribution in [3.05, 3.63) is 47.6 Å². The topological polar surface area (TPSA) is 64.7 Å². The van der Waals surface area contributed by atoms with Crippen molar-refractivity contribution < 1.29 is 4.42 Å². The molecule has 0 atom stereocenters. The molecule has 0 unspecified atom stereocenters. The molecule has 0 aliphatic heterocycles. The van der Waals surface area contributed by atoms with Crippen LogP contribution in [0.15, 0.2) is 41.3 Å². The van der Waals surface area contributed by atoms with Gasteiger partial charge in [0.2, 0.25) is 5.71 Å². The second-order valence-electron chi connectivity index (χ2n) is 4.21. The van der Waals surface area contributed by atoms with Gasteiger partial charge in [0.15, 0.2) is 0 Å². The monoisotopic (exact) mass is 344 g/mol. The fourth-order valence-electron chi connectivity index (χ4n) is 1.78. The summed E-state index contributed by atoms with van der Waals surface area (Å²) in [5.74, 6) is 0.848. The zero-order valence-electron chi connectivity index (χ0n) is 15.1. The molecule has 0 aliphatic rings. The van der Waals surface area contributed by atoms with Crippen LogP contribution in [0.1, 0.15) is 38.3 Å². The van der Waals surface area contributed by atoms with Gasteiger partial charge in [0.25, 0.3) is 0 Å². The minimum atomic E-state index is 0.611. The SMILES string of the molecule is CC.CC.Cc1cc2nccnc2o1.Cc1cc2nccnc2s1. The highest BCUT2D eigenvalue weighted by molar-refractivity contribution is 7.18. The normalized spacial score (nSPS) is 9.25. The van der Waals surface area contributed by atoms with E-state index in [0.29, 0.717) is 5.71 Å². The van der Waals surface area contributed by atoms with Gasteiger partial charge in [-0.05, 0) is 19.9 Å². The van der Waals surface area contributed by atoms with Crippen molar-refractivity contribution in [2.24, 2.45) is 0 Å². The van der Waals surface area contributed by atoms with Gasteiger partial charge in [0.05, 0.1) is 5.52 Å². The predicted octanol–water partition coefficient (Wildman–Crippen LogP) is 5.58. The van der Waals surface area contributed by atoms with E-state index in [1.165, 1.54) is 4.88 Å². The summed E-state index contributed by atoms with van der Waals surface area (Å²) < 4.78 is 5.19. The van der Waals surface area contributed by atoms with Crippen molar-refractivity contribution in [2.75, 3.05) is 0 Å². The van der Waals surface area contributed by atoms with Gasteiger partial charge in [-0.1, -0.05) is 27.7 Å². The minimum absolute atomic E-state index is 0.611. The summed E-state index contributed by atoms with van der Waals surface area (Å²) >= 11 is 1.68. The molecule has 0 bridgehead atoms. The van der Waals surface area contributed by atoms with Crippen LogP contribution in [0.3, 0.4) is 0 Å². The van der Waals surface area contributed by atoms with Crippen LogP contribution >= 0.6 is 11.3 Å². The first-order valence-electron chi connectivity index (χ1n) is 8.07. The maximum absolute atomic E-state index is 5.19. The summed E-state index contributed by atoms with van der Waals surface area (Å²) in [5.41, 5.74) is 2.44. The van der Waals surface area contributed by atoms with Gasteiger partial charge in [-0.15, -0.1) is 11.3 Å². The predicted molar refractivity (Wildman–Crippen MR) is 101 cm³/mol. The molecule has 0 aromatic carbocycles. The Labute approximate surface area is 146 Å². The van der Waals surface area contributed by atoms with Gasteiger partial charge in [0.1, 0.15) is 16.1 Å². The van der Waals surface area contributed by atoms with Crippen molar-refractivity contribution in [3.8, 4) is 0 Å². The number of fused-ring (bicyclic) bond motifs is 2. The van der Waals surface area contributed by atoms with Crippen molar-refractivity contribution in [1.82, 2.24) is 19.9 Å². The molecular formula is C18H24N4OS. The Morgan fingerprint density at radius 1 is 0.750 bits per heavy atom. The Balaban J connectivity index is 0.000000199. The van der Waals surface area contributed by atoms with E-state index in [4.69, 9.17) is 4.42 Å². The van der Waals surface area contributed by atoms with Crippen molar-refractivity contribution in [3.63, 3.8) is 0 Å². The Bertz CT molecular complexity index is 716. The first-order valence-corrected chi connectivity index (χ1v) is 8.88. The minimum Gasteiger partial charge on any atom is -0.442 e. The number of aryl methyl sites for hydroxylation is 2. The molecule has 0 N–H and O–H groups in total. The van der Waals surface area contributed by atoms with Gasteiger partial charge in [-0.3, -0.25) is 4.98 Å². The summed E-state index contributed by atoms with van der Waals surface area (Å²) in [4.78, 5) is 18.6. The first kappa shape index (κ1) is 19.7. The van der Waals surface area contributed by atoms with E-state index in [1.807, 2.05) is 46.8 Å². The average Bonchev–Trinajstić information content (AvgIpc) is 3.19. The lowest BCUT2D eigenvalue weighted by Crippen LogP contribution is -1.73. The second-order valence-corrected chi connectivity index (χ2v) is 5.44. The van der Waals surface area contributed by atoms with E-state index >= 15 is 0 Å². The molecule has 0 saturated carbocycles. The Morgan fingerprint density at radius 3 is 1.96 bits per heavy atom. The standard InChI is InChI=1S/C7H6N2O.C7H6N2S.2C2H6/c2*1-5-4-6-7(10-5)9-3-2-8-6;2*1-2/h2*2-4H,1H3;2*1-2H3. The van der Waals surface area contributed by atoms with Crippen molar-refractivity contribution in [1.29, 1.82) is 0 Å². The third-order valence-electron chi connectivity index (χ3n) is 2.58. The second kappa shape index (κ2) is 10.4. The molecule has 0 radical (unpaired) electrons. The number of rotatable bonds is 0. The van der Waals surface area contributed by atoms with E-state index < -0.39 is 0 Å².